The molecule has 20 heavy (non-hydrogen) atoms. The van der Waals surface area contributed by atoms with Crippen LogP contribution in [-0.4, -0.2) is 20.1 Å². The number of aryl methyl sites for hydroxylation is 1. The van der Waals surface area contributed by atoms with Gasteiger partial charge >= 0.3 is 0 Å². The molecule has 0 radical (unpaired) electrons. The summed E-state index contributed by atoms with van der Waals surface area (Å²) in [6.07, 6.45) is 0. The Balaban J connectivity index is 2.14. The fraction of sp³-hybridized carbons (Fsp3) is 0.286. The van der Waals surface area contributed by atoms with Crippen LogP contribution in [0.25, 0.3) is 0 Å². The number of nitrogens with one attached hydrogen (secondary N) is 1. The molecule has 0 fully saturated rings. The van der Waals surface area contributed by atoms with Crippen molar-refractivity contribution in [2.24, 2.45) is 0 Å². The zero-order chi connectivity index (χ0) is 14.8. The van der Waals surface area contributed by atoms with Gasteiger partial charge in [0.05, 0.1) is 4.90 Å². The highest BCUT2D eigenvalue weighted by Crippen LogP contribution is 2.25. The molecule has 2 aromatic rings. The van der Waals surface area contributed by atoms with Gasteiger partial charge < -0.3 is 5.11 Å². The van der Waals surface area contributed by atoms with Crippen molar-refractivity contribution in [2.45, 2.75) is 24.3 Å². The lowest BCUT2D eigenvalue weighted by Crippen LogP contribution is -2.38. The van der Waals surface area contributed by atoms with Crippen LogP contribution in [0.4, 0.5) is 0 Å². The number of hydrogen-bond acceptors (Lipinski definition) is 4. The van der Waals surface area contributed by atoms with Gasteiger partial charge in [-0.2, -0.15) is 0 Å². The second-order valence-electron chi connectivity index (χ2n) is 4.89. The van der Waals surface area contributed by atoms with Crippen molar-refractivity contribution in [3.8, 4) is 0 Å². The highest BCUT2D eigenvalue weighted by molar-refractivity contribution is 7.89. The molecule has 1 unspecified atom stereocenters. The maximum atomic E-state index is 12.2. The molecule has 0 spiro atoms. The van der Waals surface area contributed by atoms with Gasteiger partial charge in [-0.25, -0.2) is 13.1 Å². The number of thiophene rings is 1. The molecule has 4 nitrogen and oxygen atoms in total. The summed E-state index contributed by atoms with van der Waals surface area (Å²) in [5.74, 6) is 0. The van der Waals surface area contributed by atoms with E-state index >= 15 is 0 Å². The molecule has 1 atom stereocenters. The summed E-state index contributed by atoms with van der Waals surface area (Å²) in [4.78, 5) is 0.934. The molecule has 0 bridgehead atoms. The van der Waals surface area contributed by atoms with Crippen LogP contribution in [0.3, 0.4) is 0 Å². The third-order valence-corrected chi connectivity index (χ3v) is 5.48. The number of benzene rings is 1. The molecule has 0 saturated carbocycles. The molecule has 1 heterocycles. The van der Waals surface area contributed by atoms with Crippen molar-refractivity contribution in [2.75, 3.05) is 6.54 Å². The van der Waals surface area contributed by atoms with Crippen molar-refractivity contribution >= 4 is 21.4 Å². The minimum atomic E-state index is -3.61. The van der Waals surface area contributed by atoms with Gasteiger partial charge in [0, 0.05) is 11.4 Å². The van der Waals surface area contributed by atoms with E-state index in [0.29, 0.717) is 0 Å². The summed E-state index contributed by atoms with van der Waals surface area (Å²) >= 11 is 1.39. The van der Waals surface area contributed by atoms with Crippen LogP contribution in [-0.2, 0) is 15.6 Å². The SMILES string of the molecule is Cc1cccc(S(=O)(=O)NCC(C)(O)c2cccs2)c1. The molecule has 6 heteroatoms. The molecule has 0 saturated heterocycles. The van der Waals surface area contributed by atoms with Crippen LogP contribution in [0.2, 0.25) is 0 Å². The summed E-state index contributed by atoms with van der Waals surface area (Å²) < 4.78 is 26.8. The van der Waals surface area contributed by atoms with E-state index < -0.39 is 15.6 Å². The van der Waals surface area contributed by atoms with Crippen LogP contribution >= 0.6 is 11.3 Å². The predicted molar refractivity (Wildman–Crippen MR) is 80.3 cm³/mol. The zero-order valence-corrected chi connectivity index (χ0v) is 13.0. The standard InChI is InChI=1S/C14H17NO3S2/c1-11-5-3-6-12(9-11)20(17,18)15-10-14(2,16)13-7-4-8-19-13/h3-9,15-16H,10H2,1-2H3. The van der Waals surface area contributed by atoms with Gasteiger partial charge in [-0.3, -0.25) is 0 Å². The molecule has 1 aromatic heterocycles. The smallest absolute Gasteiger partial charge is 0.240 e. The van der Waals surface area contributed by atoms with Crippen molar-refractivity contribution in [3.63, 3.8) is 0 Å². The van der Waals surface area contributed by atoms with Gasteiger partial charge in [0.2, 0.25) is 10.0 Å². The Bertz CT molecular complexity index is 676. The van der Waals surface area contributed by atoms with E-state index in [2.05, 4.69) is 4.72 Å². The molecule has 0 aliphatic heterocycles. The lowest BCUT2D eigenvalue weighted by atomic mass is 10.1. The van der Waals surface area contributed by atoms with Gasteiger partial charge in [0.25, 0.3) is 0 Å². The normalized spacial score (nSPS) is 14.9. The Morgan fingerprint density at radius 2 is 2.05 bits per heavy atom. The Labute approximate surface area is 123 Å². The fourth-order valence-electron chi connectivity index (χ4n) is 1.77. The lowest BCUT2D eigenvalue weighted by molar-refractivity contribution is 0.0666. The highest BCUT2D eigenvalue weighted by atomic mass is 32.2. The average molecular weight is 311 g/mol. The van der Waals surface area contributed by atoms with Gasteiger partial charge in [-0.15, -0.1) is 11.3 Å². The van der Waals surface area contributed by atoms with Crippen molar-refractivity contribution in [1.29, 1.82) is 0 Å². The predicted octanol–water partition coefficient (Wildman–Crippen LogP) is 2.24. The van der Waals surface area contributed by atoms with E-state index in [-0.39, 0.29) is 11.4 Å². The monoisotopic (exact) mass is 311 g/mol. The second kappa shape index (κ2) is 5.65. The van der Waals surface area contributed by atoms with E-state index in [0.717, 1.165) is 10.4 Å². The molecule has 2 rings (SSSR count). The van der Waals surface area contributed by atoms with Gasteiger partial charge in [-0.1, -0.05) is 18.2 Å². The van der Waals surface area contributed by atoms with Crippen LogP contribution in [0.15, 0.2) is 46.7 Å². The molecule has 0 amide bonds. The Hall–Kier alpha value is -1.21. The van der Waals surface area contributed by atoms with Crippen LogP contribution in [0.1, 0.15) is 17.4 Å². The van der Waals surface area contributed by atoms with Crippen molar-refractivity contribution in [3.05, 3.63) is 52.2 Å². The van der Waals surface area contributed by atoms with Gasteiger partial charge in [0.15, 0.2) is 0 Å². The zero-order valence-electron chi connectivity index (χ0n) is 11.3. The van der Waals surface area contributed by atoms with Crippen molar-refractivity contribution < 1.29 is 13.5 Å². The molecule has 108 valence electrons. The summed E-state index contributed by atoms with van der Waals surface area (Å²) in [6.45, 7) is 3.36. The van der Waals surface area contributed by atoms with Crippen molar-refractivity contribution in [1.82, 2.24) is 4.72 Å². The van der Waals surface area contributed by atoms with Crippen LogP contribution in [0, 0.1) is 6.92 Å². The molecule has 1 aromatic carbocycles. The Kier molecular flexibility index (Phi) is 4.29. The maximum Gasteiger partial charge on any atom is 0.240 e. The van der Waals surface area contributed by atoms with E-state index in [4.69, 9.17) is 0 Å². The topological polar surface area (TPSA) is 66.4 Å². The first kappa shape index (κ1) is 15.2. The minimum Gasteiger partial charge on any atom is -0.383 e. The number of hydrogen-bond donors (Lipinski definition) is 2. The molecule has 0 aliphatic carbocycles. The maximum absolute atomic E-state index is 12.2. The lowest BCUT2D eigenvalue weighted by Gasteiger charge is -2.22. The quantitative estimate of drug-likeness (QED) is 0.890. The van der Waals surface area contributed by atoms with E-state index in [1.807, 2.05) is 24.4 Å². The number of rotatable bonds is 5. The average Bonchev–Trinajstić information content (AvgIpc) is 2.91. The van der Waals surface area contributed by atoms with E-state index in [1.165, 1.54) is 17.4 Å². The van der Waals surface area contributed by atoms with E-state index in [9.17, 15) is 13.5 Å². The largest absolute Gasteiger partial charge is 0.383 e. The highest BCUT2D eigenvalue weighted by Gasteiger charge is 2.27. The van der Waals surface area contributed by atoms with Crippen LogP contribution < -0.4 is 4.72 Å². The third kappa shape index (κ3) is 3.46. The summed E-state index contributed by atoms with van der Waals surface area (Å²) in [7, 11) is -3.61. The Morgan fingerprint density at radius 1 is 1.30 bits per heavy atom. The first-order valence-corrected chi connectivity index (χ1v) is 8.50. The second-order valence-corrected chi connectivity index (χ2v) is 7.61. The fourth-order valence-corrected chi connectivity index (χ4v) is 3.80. The first-order chi connectivity index (χ1) is 9.31. The van der Waals surface area contributed by atoms with Gasteiger partial charge in [0.1, 0.15) is 5.60 Å². The van der Waals surface area contributed by atoms with Gasteiger partial charge in [-0.05, 0) is 43.0 Å². The summed E-state index contributed by atoms with van der Waals surface area (Å²) in [5, 5.41) is 12.2. The van der Waals surface area contributed by atoms with Crippen LogP contribution in [0.5, 0.6) is 0 Å². The summed E-state index contributed by atoms with van der Waals surface area (Å²) in [6, 6.07) is 10.3. The Morgan fingerprint density at radius 3 is 2.65 bits per heavy atom. The first-order valence-electron chi connectivity index (χ1n) is 6.14. The molecular formula is C14H17NO3S2. The minimum absolute atomic E-state index is 0.0657. The van der Waals surface area contributed by atoms with E-state index in [1.54, 1.807) is 25.1 Å². The molecule has 2 N–H and O–H groups in total. The third-order valence-electron chi connectivity index (χ3n) is 2.96. The molecular weight excluding hydrogens is 294 g/mol. The molecule has 0 aliphatic rings. The number of aliphatic hydroxyl groups is 1. The number of sulfonamides is 1. The summed E-state index contributed by atoms with van der Waals surface area (Å²) in [5.41, 5.74) is -0.344.